The van der Waals surface area contributed by atoms with Gasteiger partial charge < -0.3 is 25.8 Å². The van der Waals surface area contributed by atoms with E-state index in [0.717, 1.165) is 12.0 Å². The quantitative estimate of drug-likeness (QED) is 0.228. The smallest absolute Gasteiger partial charge is 0.306 e. The predicted molar refractivity (Wildman–Crippen MR) is 147 cm³/mol. The van der Waals surface area contributed by atoms with Gasteiger partial charge in [-0.3, -0.25) is 19.2 Å². The fourth-order valence-corrected chi connectivity index (χ4v) is 4.20. The van der Waals surface area contributed by atoms with E-state index in [1.807, 2.05) is 44.2 Å². The largest absolute Gasteiger partial charge is 0.469 e. The third kappa shape index (κ3) is 13.0. The number of hydrogen-bond acceptors (Lipinski definition) is 6. The lowest BCUT2D eigenvalue weighted by atomic mass is 9.92. The summed E-state index contributed by atoms with van der Waals surface area (Å²) in [6.45, 7) is 9.45. The van der Waals surface area contributed by atoms with Crippen LogP contribution in [0.2, 0.25) is 0 Å². The maximum atomic E-state index is 13.2. The molecule has 9 heteroatoms. The molecule has 0 aliphatic rings. The zero-order chi connectivity index (χ0) is 28.7. The first-order chi connectivity index (χ1) is 18.0. The molecule has 3 amide bonds. The van der Waals surface area contributed by atoms with Gasteiger partial charge in [-0.15, -0.1) is 0 Å². The third-order valence-electron chi connectivity index (χ3n) is 6.71. The van der Waals surface area contributed by atoms with Crippen molar-refractivity contribution >= 4 is 23.7 Å². The monoisotopic (exact) mass is 533 g/mol. The van der Waals surface area contributed by atoms with Gasteiger partial charge in [-0.05, 0) is 43.1 Å². The second-order valence-corrected chi connectivity index (χ2v) is 10.5. The molecule has 0 heterocycles. The van der Waals surface area contributed by atoms with Gasteiger partial charge in [0, 0.05) is 19.4 Å². The molecule has 0 aromatic heterocycles. The molecule has 0 saturated heterocycles. The third-order valence-corrected chi connectivity index (χ3v) is 6.71. The van der Waals surface area contributed by atoms with Crippen LogP contribution >= 0.6 is 0 Å². The Kier molecular flexibility index (Phi) is 15.3. The minimum atomic E-state index is -0.961. The van der Waals surface area contributed by atoms with E-state index < -0.39 is 24.2 Å². The Hall–Kier alpha value is -2.94. The summed E-state index contributed by atoms with van der Waals surface area (Å²) in [5.74, 6) is -1.06. The second kappa shape index (κ2) is 17.5. The second-order valence-electron chi connectivity index (χ2n) is 10.5. The van der Waals surface area contributed by atoms with Crippen molar-refractivity contribution in [2.45, 2.75) is 104 Å². The molecule has 0 aliphatic carbocycles. The molecule has 38 heavy (non-hydrogen) atoms. The summed E-state index contributed by atoms with van der Waals surface area (Å²) in [5, 5.41) is 20.0. The van der Waals surface area contributed by atoms with Gasteiger partial charge in [0.1, 0.15) is 6.04 Å². The number of carbonyl (C=O) groups excluding carboxylic acids is 4. The molecule has 0 bridgehead atoms. The Morgan fingerprint density at radius 1 is 0.947 bits per heavy atom. The molecular formula is C29H47N3O6. The SMILES string of the molecule is CCC(C)C(NC(C)=O)C(=O)NC(CCC(C)C)C[C@H](O)C(Cc1ccccc1)NC(=O)CCC(=O)OC. The van der Waals surface area contributed by atoms with E-state index in [1.165, 1.54) is 14.0 Å². The highest BCUT2D eigenvalue weighted by molar-refractivity contribution is 5.87. The maximum absolute atomic E-state index is 13.2. The molecule has 0 fully saturated rings. The molecule has 0 radical (unpaired) electrons. The molecule has 5 atom stereocenters. The predicted octanol–water partition coefficient (Wildman–Crippen LogP) is 2.89. The van der Waals surface area contributed by atoms with Crippen molar-refractivity contribution in [3.05, 3.63) is 35.9 Å². The first-order valence-corrected chi connectivity index (χ1v) is 13.6. The number of carbonyl (C=O) groups is 4. The normalized spacial score (nSPS) is 15.1. The highest BCUT2D eigenvalue weighted by atomic mass is 16.5. The average Bonchev–Trinajstić information content (AvgIpc) is 2.88. The van der Waals surface area contributed by atoms with Crippen LogP contribution in [0.5, 0.6) is 0 Å². The van der Waals surface area contributed by atoms with Crippen LogP contribution in [-0.4, -0.2) is 60.1 Å². The van der Waals surface area contributed by atoms with Crippen LogP contribution in [0.4, 0.5) is 0 Å². The molecule has 1 rings (SSSR count). The number of ether oxygens (including phenoxy) is 1. The zero-order valence-corrected chi connectivity index (χ0v) is 23.8. The van der Waals surface area contributed by atoms with E-state index in [4.69, 9.17) is 0 Å². The van der Waals surface area contributed by atoms with E-state index in [-0.39, 0.29) is 48.9 Å². The van der Waals surface area contributed by atoms with Gasteiger partial charge in [0.15, 0.2) is 0 Å². The van der Waals surface area contributed by atoms with Crippen molar-refractivity contribution in [2.75, 3.05) is 7.11 Å². The molecule has 1 aromatic carbocycles. The van der Waals surface area contributed by atoms with Crippen molar-refractivity contribution in [2.24, 2.45) is 11.8 Å². The van der Waals surface area contributed by atoms with Crippen LogP contribution in [0.25, 0.3) is 0 Å². The van der Waals surface area contributed by atoms with Crippen molar-refractivity contribution in [1.29, 1.82) is 0 Å². The fraction of sp³-hybridized carbons (Fsp3) is 0.655. The number of hydrogen-bond donors (Lipinski definition) is 4. The summed E-state index contributed by atoms with van der Waals surface area (Å²) >= 11 is 0. The van der Waals surface area contributed by atoms with Gasteiger partial charge in [-0.1, -0.05) is 64.4 Å². The average molecular weight is 534 g/mol. The number of rotatable bonds is 17. The van der Waals surface area contributed by atoms with Gasteiger partial charge >= 0.3 is 5.97 Å². The van der Waals surface area contributed by atoms with Gasteiger partial charge in [-0.25, -0.2) is 0 Å². The van der Waals surface area contributed by atoms with Gasteiger partial charge in [0.2, 0.25) is 17.7 Å². The molecule has 4 unspecified atom stereocenters. The van der Waals surface area contributed by atoms with E-state index in [9.17, 15) is 24.3 Å². The van der Waals surface area contributed by atoms with Crippen LogP contribution in [-0.2, 0) is 30.3 Å². The Morgan fingerprint density at radius 3 is 2.16 bits per heavy atom. The lowest BCUT2D eigenvalue weighted by Crippen LogP contribution is -2.53. The summed E-state index contributed by atoms with van der Waals surface area (Å²) in [6.07, 6.45) is 1.74. The van der Waals surface area contributed by atoms with Crippen LogP contribution in [0, 0.1) is 11.8 Å². The molecule has 9 nitrogen and oxygen atoms in total. The van der Waals surface area contributed by atoms with Crippen LogP contribution in [0.1, 0.15) is 78.7 Å². The van der Waals surface area contributed by atoms with E-state index >= 15 is 0 Å². The summed E-state index contributed by atoms with van der Waals surface area (Å²) in [4.78, 5) is 49.0. The Balaban J connectivity index is 3.07. The number of aliphatic hydroxyl groups is 1. The van der Waals surface area contributed by atoms with E-state index in [0.29, 0.717) is 25.2 Å². The van der Waals surface area contributed by atoms with Crippen molar-refractivity contribution in [1.82, 2.24) is 16.0 Å². The highest BCUT2D eigenvalue weighted by Crippen LogP contribution is 2.17. The van der Waals surface area contributed by atoms with Crippen LogP contribution in [0.3, 0.4) is 0 Å². The summed E-state index contributed by atoms with van der Waals surface area (Å²) in [5.41, 5.74) is 0.940. The standard InChI is InChI=1S/C29H47N3O6/c1-7-20(4)28(30-21(5)33)29(37)31-23(14-13-19(2)3)18-25(34)24(17-22-11-9-8-10-12-22)32-26(35)15-16-27(36)38-6/h8-12,19-20,23-25,28,34H,7,13-18H2,1-6H3,(H,30,33)(H,31,37)(H,32,35)/t20?,23?,24?,25-,28?/m0/s1. The summed E-state index contributed by atoms with van der Waals surface area (Å²) in [7, 11) is 1.27. The molecule has 0 spiro atoms. The van der Waals surface area contributed by atoms with E-state index in [2.05, 4.69) is 34.5 Å². The van der Waals surface area contributed by atoms with Gasteiger partial charge in [0.25, 0.3) is 0 Å². The number of nitrogens with one attached hydrogen (secondary N) is 3. The Morgan fingerprint density at radius 2 is 1.61 bits per heavy atom. The highest BCUT2D eigenvalue weighted by Gasteiger charge is 2.30. The van der Waals surface area contributed by atoms with E-state index in [1.54, 1.807) is 0 Å². The lowest BCUT2D eigenvalue weighted by molar-refractivity contribution is -0.142. The number of esters is 1. The topological polar surface area (TPSA) is 134 Å². The molecule has 0 saturated carbocycles. The number of methoxy groups -OCH3 is 1. The molecule has 0 aliphatic heterocycles. The van der Waals surface area contributed by atoms with Crippen LogP contribution in [0.15, 0.2) is 30.3 Å². The minimum absolute atomic E-state index is 0.0501. The zero-order valence-electron chi connectivity index (χ0n) is 23.8. The molecular weight excluding hydrogens is 486 g/mol. The van der Waals surface area contributed by atoms with Crippen molar-refractivity contribution in [3.8, 4) is 0 Å². The fourth-order valence-electron chi connectivity index (χ4n) is 4.20. The van der Waals surface area contributed by atoms with Crippen LogP contribution < -0.4 is 16.0 Å². The minimum Gasteiger partial charge on any atom is -0.469 e. The number of amides is 3. The van der Waals surface area contributed by atoms with Gasteiger partial charge in [0.05, 0.1) is 25.7 Å². The first-order valence-electron chi connectivity index (χ1n) is 13.6. The molecule has 1 aromatic rings. The van der Waals surface area contributed by atoms with Crippen molar-refractivity contribution < 1.29 is 29.0 Å². The lowest BCUT2D eigenvalue weighted by Gasteiger charge is -2.30. The maximum Gasteiger partial charge on any atom is 0.306 e. The Bertz CT molecular complexity index is 876. The van der Waals surface area contributed by atoms with Gasteiger partial charge in [-0.2, -0.15) is 0 Å². The molecule has 4 N–H and O–H groups in total. The number of aliphatic hydroxyl groups excluding tert-OH is 1. The molecule has 214 valence electrons. The summed E-state index contributed by atoms with van der Waals surface area (Å²) < 4.78 is 4.62. The summed E-state index contributed by atoms with van der Waals surface area (Å²) in [6, 6.07) is 7.86. The first kappa shape index (κ1) is 33.1. The Labute approximate surface area is 227 Å². The number of benzene rings is 1. The van der Waals surface area contributed by atoms with Crippen molar-refractivity contribution in [3.63, 3.8) is 0 Å².